The number of aromatic nitrogens is 2. The maximum atomic E-state index is 12.2. The van der Waals surface area contributed by atoms with Crippen molar-refractivity contribution in [1.82, 2.24) is 14.7 Å². The fourth-order valence-corrected chi connectivity index (χ4v) is 3.22. The lowest BCUT2D eigenvalue weighted by atomic mass is 10.0. The van der Waals surface area contributed by atoms with Crippen LogP contribution in [-0.4, -0.2) is 33.6 Å². The number of aliphatic hydroxyl groups excluding tert-OH is 1. The average molecular weight is 345 g/mol. The fourth-order valence-electron chi connectivity index (χ4n) is 2.50. The molecule has 0 aliphatic heterocycles. The summed E-state index contributed by atoms with van der Waals surface area (Å²) in [5.74, 6) is 0.559. The van der Waals surface area contributed by atoms with Gasteiger partial charge in [-0.25, -0.2) is 4.98 Å². The first-order valence-electron chi connectivity index (χ1n) is 7.59. The molecule has 1 aromatic carbocycles. The van der Waals surface area contributed by atoms with Crippen molar-refractivity contribution < 1.29 is 14.6 Å². The molecule has 0 saturated carbocycles. The van der Waals surface area contributed by atoms with Gasteiger partial charge in [0.05, 0.1) is 31.4 Å². The Morgan fingerprint density at radius 2 is 2.17 bits per heavy atom. The standard InChI is InChI=1S/C17H19N3O3S/c1-11(16(22)12-3-5-14(23-2)6-4-12)18-15(21)9-13-10-20-7-8-24-17(20)19-13/h3-8,10-11,16,22H,9H2,1-2H3,(H,18,21). The quantitative estimate of drug-likeness (QED) is 0.718. The Morgan fingerprint density at radius 3 is 2.83 bits per heavy atom. The van der Waals surface area contributed by atoms with Gasteiger partial charge in [0.15, 0.2) is 4.96 Å². The third-order valence-corrected chi connectivity index (χ3v) is 4.58. The van der Waals surface area contributed by atoms with Crippen LogP contribution in [0.2, 0.25) is 0 Å². The summed E-state index contributed by atoms with van der Waals surface area (Å²) in [6.07, 6.45) is 3.15. The van der Waals surface area contributed by atoms with Gasteiger partial charge in [-0.2, -0.15) is 0 Å². The molecule has 0 fully saturated rings. The second-order valence-corrected chi connectivity index (χ2v) is 6.45. The highest BCUT2D eigenvalue weighted by atomic mass is 32.1. The zero-order valence-corrected chi connectivity index (χ0v) is 14.3. The molecule has 3 rings (SSSR count). The van der Waals surface area contributed by atoms with Crippen molar-refractivity contribution in [3.05, 3.63) is 53.3 Å². The van der Waals surface area contributed by atoms with Crippen LogP contribution in [0.15, 0.2) is 42.0 Å². The fraction of sp³-hybridized carbons (Fsp3) is 0.294. The third kappa shape index (κ3) is 3.58. The number of ether oxygens (including phenoxy) is 1. The molecule has 3 aromatic rings. The first kappa shape index (κ1) is 16.5. The predicted octanol–water partition coefficient (Wildman–Crippen LogP) is 2.19. The van der Waals surface area contributed by atoms with Crippen LogP contribution in [0.4, 0.5) is 0 Å². The molecule has 2 unspecified atom stereocenters. The zero-order chi connectivity index (χ0) is 17.1. The molecule has 6 nitrogen and oxygen atoms in total. The van der Waals surface area contributed by atoms with Gasteiger partial charge in [-0.3, -0.25) is 9.20 Å². The Hall–Kier alpha value is -2.38. The zero-order valence-electron chi connectivity index (χ0n) is 13.5. The van der Waals surface area contributed by atoms with Gasteiger partial charge in [0.2, 0.25) is 5.91 Å². The van der Waals surface area contributed by atoms with Gasteiger partial charge in [0, 0.05) is 17.8 Å². The molecule has 2 N–H and O–H groups in total. The van der Waals surface area contributed by atoms with E-state index in [1.165, 1.54) is 11.3 Å². The number of aliphatic hydroxyl groups is 1. The SMILES string of the molecule is COc1ccc(C(O)C(C)NC(=O)Cc2cn3ccsc3n2)cc1. The molecular formula is C17H19N3O3S. The van der Waals surface area contributed by atoms with E-state index in [9.17, 15) is 9.90 Å². The normalized spacial score (nSPS) is 13.6. The van der Waals surface area contributed by atoms with Gasteiger partial charge in [-0.1, -0.05) is 12.1 Å². The number of benzene rings is 1. The van der Waals surface area contributed by atoms with E-state index in [1.807, 2.05) is 22.2 Å². The first-order chi connectivity index (χ1) is 11.6. The van der Waals surface area contributed by atoms with Gasteiger partial charge in [0.25, 0.3) is 0 Å². The molecule has 0 spiro atoms. The summed E-state index contributed by atoms with van der Waals surface area (Å²) in [6.45, 7) is 1.78. The maximum Gasteiger partial charge on any atom is 0.226 e. The van der Waals surface area contributed by atoms with Gasteiger partial charge in [-0.05, 0) is 24.6 Å². The average Bonchev–Trinajstić information content (AvgIpc) is 3.15. The highest BCUT2D eigenvalue weighted by molar-refractivity contribution is 7.15. The monoisotopic (exact) mass is 345 g/mol. The van der Waals surface area contributed by atoms with Crippen molar-refractivity contribution in [3.63, 3.8) is 0 Å². The number of rotatable bonds is 6. The predicted molar refractivity (Wildman–Crippen MR) is 92.3 cm³/mol. The Balaban J connectivity index is 1.59. The summed E-state index contributed by atoms with van der Waals surface area (Å²) in [5.41, 5.74) is 1.44. The van der Waals surface area contributed by atoms with Crippen LogP contribution in [0.1, 0.15) is 24.3 Å². The molecule has 7 heteroatoms. The van der Waals surface area contributed by atoms with Crippen molar-refractivity contribution in [1.29, 1.82) is 0 Å². The summed E-state index contributed by atoms with van der Waals surface area (Å²) in [5, 5.41) is 15.1. The topological polar surface area (TPSA) is 75.9 Å². The number of hydrogen-bond acceptors (Lipinski definition) is 5. The third-order valence-electron chi connectivity index (χ3n) is 3.80. The largest absolute Gasteiger partial charge is 0.497 e. The summed E-state index contributed by atoms with van der Waals surface area (Å²) in [7, 11) is 1.59. The van der Waals surface area contributed by atoms with E-state index in [2.05, 4.69) is 10.3 Å². The van der Waals surface area contributed by atoms with Crippen molar-refractivity contribution in [3.8, 4) is 5.75 Å². The summed E-state index contributed by atoms with van der Waals surface area (Å²) in [4.78, 5) is 17.4. The molecule has 0 aliphatic carbocycles. The minimum Gasteiger partial charge on any atom is -0.497 e. The molecule has 0 aliphatic rings. The first-order valence-corrected chi connectivity index (χ1v) is 8.47. The summed E-state index contributed by atoms with van der Waals surface area (Å²) < 4.78 is 6.99. The minimum atomic E-state index is -0.787. The van der Waals surface area contributed by atoms with Crippen LogP contribution < -0.4 is 10.1 Å². The number of methoxy groups -OCH3 is 1. The van der Waals surface area contributed by atoms with Crippen LogP contribution in [0.3, 0.4) is 0 Å². The van der Waals surface area contributed by atoms with E-state index in [1.54, 1.807) is 38.3 Å². The van der Waals surface area contributed by atoms with Crippen molar-refractivity contribution in [2.45, 2.75) is 25.5 Å². The van der Waals surface area contributed by atoms with Crippen LogP contribution in [0, 0.1) is 0 Å². The maximum absolute atomic E-state index is 12.2. The van der Waals surface area contributed by atoms with E-state index >= 15 is 0 Å². The number of nitrogens with one attached hydrogen (secondary N) is 1. The molecule has 0 saturated heterocycles. The Bertz CT molecular complexity index is 797. The molecule has 0 radical (unpaired) electrons. The number of fused-ring (bicyclic) bond motifs is 1. The highest BCUT2D eigenvalue weighted by Gasteiger charge is 2.19. The van der Waals surface area contributed by atoms with Gasteiger partial charge in [0.1, 0.15) is 5.75 Å². The minimum absolute atomic E-state index is 0.166. The van der Waals surface area contributed by atoms with Crippen molar-refractivity contribution in [2.75, 3.05) is 7.11 Å². The number of hydrogen-bond donors (Lipinski definition) is 2. The highest BCUT2D eigenvalue weighted by Crippen LogP contribution is 2.20. The number of carbonyl (C=O) groups is 1. The number of carbonyl (C=O) groups excluding carboxylic acids is 1. The van der Waals surface area contributed by atoms with Crippen LogP contribution >= 0.6 is 11.3 Å². The van der Waals surface area contributed by atoms with E-state index in [-0.39, 0.29) is 12.3 Å². The lowest BCUT2D eigenvalue weighted by Gasteiger charge is -2.20. The lowest BCUT2D eigenvalue weighted by Crippen LogP contribution is -2.38. The van der Waals surface area contributed by atoms with E-state index in [0.717, 1.165) is 16.3 Å². The Kier molecular flexibility index (Phi) is 4.82. The molecular weight excluding hydrogens is 326 g/mol. The van der Waals surface area contributed by atoms with Crippen LogP contribution in [0.5, 0.6) is 5.75 Å². The number of imidazole rings is 1. The molecule has 0 bridgehead atoms. The van der Waals surface area contributed by atoms with E-state index in [4.69, 9.17) is 4.74 Å². The van der Waals surface area contributed by atoms with Crippen molar-refractivity contribution in [2.24, 2.45) is 0 Å². The number of nitrogens with zero attached hydrogens (tertiary/aromatic N) is 2. The second kappa shape index (κ2) is 7.02. The van der Waals surface area contributed by atoms with Gasteiger partial charge < -0.3 is 15.2 Å². The van der Waals surface area contributed by atoms with Crippen LogP contribution in [0.25, 0.3) is 4.96 Å². The molecule has 2 heterocycles. The molecule has 2 atom stereocenters. The Morgan fingerprint density at radius 1 is 1.42 bits per heavy atom. The van der Waals surface area contributed by atoms with E-state index in [0.29, 0.717) is 5.69 Å². The summed E-state index contributed by atoms with van der Waals surface area (Å²) >= 11 is 1.52. The molecule has 126 valence electrons. The summed E-state index contributed by atoms with van der Waals surface area (Å²) in [6, 6.07) is 6.73. The Labute approximate surface area is 143 Å². The lowest BCUT2D eigenvalue weighted by molar-refractivity contribution is -0.121. The van der Waals surface area contributed by atoms with Gasteiger partial charge in [-0.15, -0.1) is 11.3 Å². The number of amides is 1. The smallest absolute Gasteiger partial charge is 0.226 e. The van der Waals surface area contributed by atoms with Gasteiger partial charge >= 0.3 is 0 Å². The molecule has 1 amide bonds. The number of thiazole rings is 1. The van der Waals surface area contributed by atoms with E-state index < -0.39 is 12.1 Å². The van der Waals surface area contributed by atoms with Crippen LogP contribution in [-0.2, 0) is 11.2 Å². The second-order valence-electron chi connectivity index (χ2n) is 5.58. The molecule has 24 heavy (non-hydrogen) atoms. The van der Waals surface area contributed by atoms with Crippen molar-refractivity contribution >= 4 is 22.2 Å². The molecule has 2 aromatic heterocycles.